The summed E-state index contributed by atoms with van der Waals surface area (Å²) in [5.41, 5.74) is 3.92. The topological polar surface area (TPSA) is 128 Å². The molecule has 0 fully saturated rings. The third-order valence-corrected chi connectivity index (χ3v) is 9.43. The molecule has 0 unspecified atom stereocenters. The third-order valence-electron chi connectivity index (χ3n) is 9.43. The Bertz CT molecular complexity index is 2030. The van der Waals surface area contributed by atoms with Gasteiger partial charge in [0.05, 0.1) is 45.4 Å². The molecule has 3 aromatic carbocycles. The van der Waals surface area contributed by atoms with Gasteiger partial charge in [-0.1, -0.05) is 105 Å². The molecule has 0 heterocycles. The van der Waals surface area contributed by atoms with Gasteiger partial charge >= 0.3 is 17.9 Å². The number of esters is 3. The van der Waals surface area contributed by atoms with E-state index in [1.54, 1.807) is 25.3 Å². The van der Waals surface area contributed by atoms with Crippen LogP contribution in [0.15, 0.2) is 153 Å². The molecule has 0 aliphatic carbocycles. The molecule has 0 aliphatic rings. The van der Waals surface area contributed by atoms with Crippen molar-refractivity contribution in [2.75, 3.05) is 46.7 Å². The van der Waals surface area contributed by atoms with Crippen molar-refractivity contribution in [2.45, 2.75) is 133 Å². The van der Waals surface area contributed by atoms with Gasteiger partial charge in [0, 0.05) is 31.5 Å². The van der Waals surface area contributed by atoms with E-state index in [9.17, 15) is 14.4 Å². The molecule has 0 radical (unpaired) electrons. The highest BCUT2D eigenvalue weighted by molar-refractivity contribution is 5.89. The van der Waals surface area contributed by atoms with Crippen molar-refractivity contribution < 1.29 is 47.5 Å². The smallest absolute Gasteiger partial charge is 0.336 e. The van der Waals surface area contributed by atoms with Crippen molar-refractivity contribution >= 4 is 30.2 Å². The van der Waals surface area contributed by atoms with Crippen LogP contribution in [-0.4, -0.2) is 70.8 Å². The summed E-state index contributed by atoms with van der Waals surface area (Å²) in [6, 6.07) is 21.2. The standard InChI is InChI=1S/C26H30O5.C17H23NO3.C14H22O2.3C2H6/c1-4-25(27)30-18-8-6-5-7-17-29-23-14-11-22(12-15-23)13-16-26(28)31-24-19-20(2)9-10-21(24)3;1-3-17(19)21-13-7-5-4-6-12-20-16-10-8-15(9-11-16)14-18-2;1-5-10-14(4)16-12-9-7-8-11-15-13(3)6-2;3*1-2/h4,9-16,19H,1,5-8,17-18H2,2-3H3;3,8-11,14H,1,4-7,12-13H2,2H3;5-6,10H,1-3,7-9,11-12H2,4H3;3*1-2H3/b16-13+;;14-10+;;;. The van der Waals surface area contributed by atoms with Crippen LogP contribution in [0.4, 0.5) is 0 Å². The summed E-state index contributed by atoms with van der Waals surface area (Å²) >= 11 is 0. The average molecular weight is 1020 g/mol. The zero-order valence-electron chi connectivity index (χ0n) is 47.1. The van der Waals surface area contributed by atoms with E-state index in [2.05, 4.69) is 37.9 Å². The molecule has 0 saturated heterocycles. The maximum Gasteiger partial charge on any atom is 0.336 e. The minimum Gasteiger partial charge on any atom is -0.498 e. The van der Waals surface area contributed by atoms with Crippen LogP contribution in [0.3, 0.4) is 0 Å². The highest BCUT2D eigenvalue weighted by atomic mass is 16.5. The fraction of sp³-hybridized carbons (Fsp3) is 0.429. The molecule has 410 valence electrons. The molecule has 3 aromatic rings. The van der Waals surface area contributed by atoms with Gasteiger partial charge in [-0.05, 0) is 174 Å². The number of unbranched alkanes of at least 4 members (excludes halogenated alkanes) is 8. The Morgan fingerprint density at radius 2 is 0.959 bits per heavy atom. The van der Waals surface area contributed by atoms with Gasteiger partial charge in [0.1, 0.15) is 23.0 Å². The summed E-state index contributed by atoms with van der Waals surface area (Å²) < 4.78 is 37.4. The second-order valence-corrected chi connectivity index (χ2v) is 15.3. The van der Waals surface area contributed by atoms with E-state index in [4.69, 9.17) is 33.2 Å². The van der Waals surface area contributed by atoms with E-state index in [0.717, 1.165) is 117 Å². The number of ether oxygens (including phenoxy) is 7. The molecular weight excluding hydrogens is 931 g/mol. The molecule has 0 spiro atoms. The van der Waals surface area contributed by atoms with Gasteiger partial charge in [-0.15, -0.1) is 0 Å². The fourth-order valence-electron chi connectivity index (χ4n) is 5.65. The number of hydrogen-bond donors (Lipinski definition) is 0. The molecule has 0 saturated carbocycles. The lowest BCUT2D eigenvalue weighted by Gasteiger charge is -2.07. The van der Waals surface area contributed by atoms with Crippen LogP contribution >= 0.6 is 0 Å². The molecule has 0 N–H and O–H groups in total. The molecule has 0 bridgehead atoms. The number of aryl methyl sites for hydroxylation is 2. The Labute approximate surface area is 447 Å². The summed E-state index contributed by atoms with van der Waals surface area (Å²) in [5.74, 6) is 2.66. The molecule has 0 aromatic heterocycles. The van der Waals surface area contributed by atoms with E-state index in [1.165, 1.54) is 18.2 Å². The van der Waals surface area contributed by atoms with Crippen LogP contribution in [0.2, 0.25) is 0 Å². The highest BCUT2D eigenvalue weighted by Gasteiger charge is 2.05. The number of carbonyl (C=O) groups is 3. The number of nitrogens with zero attached hydrogens (tertiary/aromatic N) is 1. The Hall–Kier alpha value is -6.88. The minimum atomic E-state index is -0.409. The number of aliphatic imine (C=N–C) groups is 1. The van der Waals surface area contributed by atoms with Crippen molar-refractivity contribution in [3.05, 3.63) is 170 Å². The Kier molecular flexibility index (Phi) is 50.6. The van der Waals surface area contributed by atoms with E-state index >= 15 is 0 Å². The largest absolute Gasteiger partial charge is 0.498 e. The average Bonchev–Trinajstić information content (AvgIpc) is 3.43. The SMILES string of the molecule is C=C/C=C(\C)OCCCCCOC(=C)C=C.C=CC(=O)OCCCCCCOc1ccc(/C=C/C(=O)Oc2cc(C)ccc2C)cc1.C=CC(=O)OCCCCCCOc1ccc(C=NC)cc1.CC.CC.CC. The van der Waals surface area contributed by atoms with E-state index < -0.39 is 5.97 Å². The van der Waals surface area contributed by atoms with Crippen LogP contribution in [0.1, 0.15) is 141 Å². The summed E-state index contributed by atoms with van der Waals surface area (Å²) in [4.78, 5) is 37.7. The predicted molar refractivity (Wildman–Crippen MR) is 310 cm³/mol. The molecule has 0 amide bonds. The molecule has 0 aliphatic heterocycles. The maximum atomic E-state index is 12.1. The van der Waals surface area contributed by atoms with E-state index in [0.29, 0.717) is 44.5 Å². The first-order chi connectivity index (χ1) is 35.9. The maximum absolute atomic E-state index is 12.1. The van der Waals surface area contributed by atoms with Gasteiger partial charge in [0.2, 0.25) is 0 Å². The summed E-state index contributed by atoms with van der Waals surface area (Å²) in [5, 5.41) is 0. The first-order valence-corrected chi connectivity index (χ1v) is 26.2. The second-order valence-electron chi connectivity index (χ2n) is 15.3. The molecule has 0 atom stereocenters. The first-order valence-electron chi connectivity index (χ1n) is 26.2. The van der Waals surface area contributed by atoms with Crippen LogP contribution in [0, 0.1) is 13.8 Å². The normalized spacial score (nSPS) is 10.0. The van der Waals surface area contributed by atoms with Crippen molar-refractivity contribution in [1.82, 2.24) is 0 Å². The number of hydrogen-bond acceptors (Lipinski definition) is 11. The van der Waals surface area contributed by atoms with Gasteiger partial charge in [-0.25, -0.2) is 14.4 Å². The Morgan fingerprint density at radius 3 is 1.41 bits per heavy atom. The third kappa shape index (κ3) is 42.8. The first kappa shape index (κ1) is 71.4. The summed E-state index contributed by atoms with van der Waals surface area (Å²) in [6.45, 7) is 39.0. The molecule has 74 heavy (non-hydrogen) atoms. The van der Waals surface area contributed by atoms with Crippen molar-refractivity contribution in [1.29, 1.82) is 0 Å². The van der Waals surface area contributed by atoms with Crippen LogP contribution in [-0.2, 0) is 33.3 Å². The number of allylic oxidation sites excluding steroid dienone is 4. The van der Waals surface area contributed by atoms with Crippen LogP contribution < -0.4 is 14.2 Å². The van der Waals surface area contributed by atoms with Gasteiger partial charge < -0.3 is 33.2 Å². The predicted octanol–water partition coefficient (Wildman–Crippen LogP) is 16.1. The lowest BCUT2D eigenvalue weighted by atomic mass is 10.1. The number of rotatable bonds is 32. The number of carbonyl (C=O) groups excluding carboxylic acids is 3. The minimum absolute atomic E-state index is 0.352. The van der Waals surface area contributed by atoms with E-state index in [-0.39, 0.29) is 11.9 Å². The zero-order valence-corrected chi connectivity index (χ0v) is 47.1. The lowest BCUT2D eigenvalue weighted by molar-refractivity contribution is -0.138. The monoisotopic (exact) mass is 1020 g/mol. The number of benzene rings is 3. The van der Waals surface area contributed by atoms with Crippen LogP contribution in [0.5, 0.6) is 17.2 Å². The highest BCUT2D eigenvalue weighted by Crippen LogP contribution is 2.20. The van der Waals surface area contributed by atoms with Crippen LogP contribution in [0.25, 0.3) is 6.08 Å². The summed E-state index contributed by atoms with van der Waals surface area (Å²) in [7, 11) is 1.75. The molecule has 11 nitrogen and oxygen atoms in total. The summed E-state index contributed by atoms with van der Waals surface area (Å²) in [6.07, 6.45) is 23.4. The Morgan fingerprint density at radius 1 is 0.527 bits per heavy atom. The van der Waals surface area contributed by atoms with Crippen molar-refractivity contribution in [3.8, 4) is 17.2 Å². The van der Waals surface area contributed by atoms with Gasteiger partial charge in [0.25, 0.3) is 0 Å². The van der Waals surface area contributed by atoms with Crippen molar-refractivity contribution in [3.63, 3.8) is 0 Å². The molecule has 11 heteroatoms. The van der Waals surface area contributed by atoms with E-state index in [1.807, 2.05) is 141 Å². The molecule has 3 rings (SSSR count). The van der Waals surface area contributed by atoms with Gasteiger partial charge in [0.15, 0.2) is 0 Å². The van der Waals surface area contributed by atoms with Crippen molar-refractivity contribution in [2.24, 2.45) is 4.99 Å². The molecular formula is C63H93NO10. The second kappa shape index (κ2) is 52.4. The quantitative estimate of drug-likeness (QED) is 0.0113. The zero-order chi connectivity index (χ0) is 56.0. The lowest BCUT2D eigenvalue weighted by Crippen LogP contribution is -2.05. The van der Waals surface area contributed by atoms with Gasteiger partial charge in [-0.2, -0.15) is 0 Å². The fourth-order valence-corrected chi connectivity index (χ4v) is 5.65. The van der Waals surface area contributed by atoms with Gasteiger partial charge in [-0.3, -0.25) is 4.99 Å². The Balaban J connectivity index is -0.00000102.